The van der Waals surface area contributed by atoms with Crippen LogP contribution in [-0.2, 0) is 19.1 Å². The van der Waals surface area contributed by atoms with E-state index < -0.39 is 18.0 Å². The van der Waals surface area contributed by atoms with E-state index in [2.05, 4.69) is 9.75 Å². The molecule has 0 aliphatic rings. The highest BCUT2D eigenvalue weighted by Gasteiger charge is 2.18. The Kier molecular flexibility index (Phi) is 8.42. The van der Waals surface area contributed by atoms with Gasteiger partial charge in [-0.25, -0.2) is 0 Å². The zero-order chi connectivity index (χ0) is 12.4. The van der Waals surface area contributed by atoms with Gasteiger partial charge in [0.15, 0.2) is 0 Å². The predicted molar refractivity (Wildman–Crippen MR) is 57.0 cm³/mol. The third-order valence-corrected chi connectivity index (χ3v) is 1.71. The average Bonchev–Trinajstić information content (AvgIpc) is 2.18. The van der Waals surface area contributed by atoms with Gasteiger partial charge in [0, 0.05) is 0 Å². The monoisotopic (exact) mass is 250 g/mol. The summed E-state index contributed by atoms with van der Waals surface area (Å²) in [5.74, 6) is -0.887. The molecule has 7 heteroatoms. The molecule has 0 unspecified atom stereocenters. The Bertz CT molecular complexity index is 238. The van der Waals surface area contributed by atoms with Gasteiger partial charge in [0.2, 0.25) is 0 Å². The molecule has 0 rings (SSSR count). The first kappa shape index (κ1) is 14.8. The maximum Gasteiger partial charge on any atom is 0.308 e. The van der Waals surface area contributed by atoms with E-state index >= 15 is 0 Å². The molecule has 0 N–H and O–H groups in total. The van der Waals surface area contributed by atoms with Crippen LogP contribution in [-0.4, -0.2) is 31.2 Å². The van der Waals surface area contributed by atoms with Crippen molar-refractivity contribution in [2.45, 2.75) is 32.7 Å². The molecule has 0 spiro atoms. The Morgan fingerprint density at radius 3 is 1.88 bits per heavy atom. The zero-order valence-corrected chi connectivity index (χ0v) is 10.1. The van der Waals surface area contributed by atoms with E-state index in [0.29, 0.717) is 0 Å². The van der Waals surface area contributed by atoms with Gasteiger partial charge in [-0.1, -0.05) is 4.63 Å². The van der Waals surface area contributed by atoms with E-state index in [-0.39, 0.29) is 26.1 Å². The summed E-state index contributed by atoms with van der Waals surface area (Å²) in [6.07, 6.45) is -0.0776. The van der Waals surface area contributed by atoms with Crippen molar-refractivity contribution >= 4 is 23.7 Å². The lowest BCUT2D eigenvalue weighted by Gasteiger charge is -2.09. The van der Waals surface area contributed by atoms with Gasteiger partial charge in [-0.05, 0) is 13.8 Å². The second-order valence-electron chi connectivity index (χ2n) is 2.86. The van der Waals surface area contributed by atoms with Gasteiger partial charge in [-0.3, -0.25) is 9.59 Å². The number of rotatable bonds is 7. The van der Waals surface area contributed by atoms with Gasteiger partial charge >= 0.3 is 11.9 Å². The lowest BCUT2D eigenvalue weighted by Crippen LogP contribution is -2.19. The van der Waals surface area contributed by atoms with Gasteiger partial charge in [0.05, 0.1) is 43.9 Å². The minimum atomic E-state index is -0.629. The topological polar surface area (TPSA) is 77.3 Å². The average molecular weight is 251 g/mol. The molecule has 0 amide bonds. The van der Waals surface area contributed by atoms with Crippen LogP contribution >= 0.6 is 11.8 Å². The fraction of sp³-hybridized carbons (Fsp3) is 0.778. The van der Waals surface area contributed by atoms with Crippen molar-refractivity contribution in [3.63, 3.8) is 0 Å². The summed E-state index contributed by atoms with van der Waals surface area (Å²) in [6, 6.07) is -0.629. The van der Waals surface area contributed by atoms with Crippen molar-refractivity contribution in [3.05, 3.63) is 0 Å². The van der Waals surface area contributed by atoms with Gasteiger partial charge < -0.3 is 9.47 Å². The lowest BCUT2D eigenvalue weighted by atomic mass is 10.1. The summed E-state index contributed by atoms with van der Waals surface area (Å²) >= 11 is 5.07. The van der Waals surface area contributed by atoms with Crippen molar-refractivity contribution in [1.29, 1.82) is 0 Å². The van der Waals surface area contributed by atoms with Crippen LogP contribution in [0.15, 0.2) is 9.75 Å². The molecule has 92 valence electrons. The van der Waals surface area contributed by atoms with E-state index in [4.69, 9.17) is 21.3 Å². The standard InChI is InChI=1S/C9H15ClN2O4/c1-3-15-8(13)5-7(11-12-10)6-9(14)16-4-2/h7H,3-6H2,1-2H3. The van der Waals surface area contributed by atoms with Gasteiger partial charge in [0.1, 0.15) is 0 Å². The maximum atomic E-state index is 11.1. The van der Waals surface area contributed by atoms with E-state index in [0.717, 1.165) is 0 Å². The first-order valence-electron chi connectivity index (χ1n) is 4.96. The Morgan fingerprint density at radius 1 is 1.12 bits per heavy atom. The molecule has 0 heterocycles. The molecule has 0 aromatic heterocycles. The van der Waals surface area contributed by atoms with Crippen molar-refractivity contribution in [1.82, 2.24) is 0 Å². The Hall–Kier alpha value is -1.17. The third kappa shape index (κ3) is 7.17. The fourth-order valence-electron chi connectivity index (χ4n) is 1.04. The highest BCUT2D eigenvalue weighted by molar-refractivity contribution is 6.13. The van der Waals surface area contributed by atoms with Crippen LogP contribution in [0.4, 0.5) is 0 Å². The number of hydrogen-bond donors (Lipinski definition) is 0. The van der Waals surface area contributed by atoms with E-state index in [9.17, 15) is 9.59 Å². The number of ether oxygens (including phenoxy) is 2. The van der Waals surface area contributed by atoms with Crippen LogP contribution in [0, 0.1) is 0 Å². The molecule has 6 nitrogen and oxygen atoms in total. The number of halogens is 1. The Labute approximate surface area is 99.1 Å². The molecule has 0 aromatic rings. The minimum absolute atomic E-state index is 0.0388. The van der Waals surface area contributed by atoms with Gasteiger partial charge in [0.25, 0.3) is 0 Å². The number of carbonyl (C=O) groups excluding carboxylic acids is 2. The van der Waals surface area contributed by atoms with Crippen LogP contribution < -0.4 is 0 Å². The number of esters is 2. The molecule has 0 aliphatic heterocycles. The molecule has 0 aromatic carbocycles. The Balaban J connectivity index is 4.16. The molecule has 0 bridgehead atoms. The first-order valence-corrected chi connectivity index (χ1v) is 5.30. The van der Waals surface area contributed by atoms with Gasteiger partial charge in [-0.15, -0.1) is 0 Å². The summed E-state index contributed by atoms with van der Waals surface area (Å²) in [5, 5.41) is 3.56. The molecular formula is C9H15ClN2O4. The Morgan fingerprint density at radius 2 is 1.56 bits per heavy atom. The molecule has 0 aliphatic carbocycles. The molecule has 0 radical (unpaired) electrons. The fourth-order valence-corrected chi connectivity index (χ4v) is 1.16. The summed E-state index contributed by atoms with van der Waals surface area (Å²) in [6.45, 7) is 3.95. The summed E-state index contributed by atoms with van der Waals surface area (Å²) in [4.78, 5) is 22.3. The number of carbonyl (C=O) groups is 2. The van der Waals surface area contributed by atoms with Crippen LogP contribution in [0.25, 0.3) is 0 Å². The summed E-state index contributed by atoms with van der Waals surface area (Å²) in [5.41, 5.74) is 0. The van der Waals surface area contributed by atoms with Crippen molar-refractivity contribution in [2.24, 2.45) is 9.75 Å². The largest absolute Gasteiger partial charge is 0.466 e. The first-order chi connectivity index (χ1) is 7.63. The smallest absolute Gasteiger partial charge is 0.308 e. The highest BCUT2D eigenvalue weighted by atomic mass is 35.5. The summed E-state index contributed by atoms with van der Waals surface area (Å²) in [7, 11) is 0. The molecule has 0 fully saturated rings. The number of nitrogens with zero attached hydrogens (tertiary/aromatic N) is 2. The van der Waals surface area contributed by atoms with Gasteiger partial charge in [-0.2, -0.15) is 5.11 Å². The summed E-state index contributed by atoms with van der Waals surface area (Å²) < 4.78 is 12.5. The van der Waals surface area contributed by atoms with Crippen LogP contribution in [0.3, 0.4) is 0 Å². The molecule has 0 saturated heterocycles. The normalized spacial score (nSPS) is 10.8. The maximum absolute atomic E-state index is 11.1. The highest BCUT2D eigenvalue weighted by Crippen LogP contribution is 2.08. The lowest BCUT2D eigenvalue weighted by molar-refractivity contribution is -0.145. The van der Waals surface area contributed by atoms with E-state index in [1.54, 1.807) is 13.8 Å². The quantitative estimate of drug-likeness (QED) is 0.510. The minimum Gasteiger partial charge on any atom is -0.466 e. The predicted octanol–water partition coefficient (Wildman–Crippen LogP) is 1.87. The van der Waals surface area contributed by atoms with E-state index in [1.807, 2.05) is 0 Å². The van der Waals surface area contributed by atoms with Crippen LogP contribution in [0.2, 0.25) is 0 Å². The number of hydrogen-bond acceptors (Lipinski definition) is 6. The van der Waals surface area contributed by atoms with E-state index in [1.165, 1.54) is 0 Å². The zero-order valence-electron chi connectivity index (χ0n) is 9.31. The SMILES string of the molecule is CCOC(=O)CC(CC(=O)OCC)N=NCl. The molecule has 0 atom stereocenters. The van der Waals surface area contributed by atoms with Crippen LogP contribution in [0.5, 0.6) is 0 Å². The third-order valence-electron chi connectivity index (χ3n) is 1.62. The molecule has 0 saturated carbocycles. The molecular weight excluding hydrogens is 236 g/mol. The van der Waals surface area contributed by atoms with Crippen molar-refractivity contribution in [3.8, 4) is 0 Å². The van der Waals surface area contributed by atoms with Crippen molar-refractivity contribution < 1.29 is 19.1 Å². The van der Waals surface area contributed by atoms with Crippen molar-refractivity contribution in [2.75, 3.05) is 13.2 Å². The molecule has 16 heavy (non-hydrogen) atoms. The second kappa shape index (κ2) is 9.08. The second-order valence-corrected chi connectivity index (χ2v) is 3.01. The van der Waals surface area contributed by atoms with Crippen LogP contribution in [0.1, 0.15) is 26.7 Å².